The Hall–Kier alpha value is -0.0900. The van der Waals surface area contributed by atoms with E-state index in [-0.39, 0.29) is 5.75 Å². The van der Waals surface area contributed by atoms with Crippen molar-refractivity contribution >= 4 is 10.1 Å². The van der Waals surface area contributed by atoms with Crippen LogP contribution in [-0.2, 0) is 10.1 Å². The third-order valence-electron chi connectivity index (χ3n) is 1.97. The Balaban J connectivity index is 3.72. The zero-order chi connectivity index (χ0) is 9.07. The second kappa shape index (κ2) is 4.07. The lowest BCUT2D eigenvalue weighted by Gasteiger charge is -2.13. The molecule has 0 rings (SSSR count). The molecule has 0 aliphatic carbocycles. The average Bonchev–Trinajstić information content (AvgIpc) is 1.80. The summed E-state index contributed by atoms with van der Waals surface area (Å²) in [5.41, 5.74) is 0. The fourth-order valence-electron chi connectivity index (χ4n) is 0.668. The van der Waals surface area contributed by atoms with E-state index < -0.39 is 10.1 Å². The smallest absolute Gasteiger partial charge is 0.264 e. The molecule has 1 atom stereocenters. The molecule has 0 aromatic heterocycles. The monoisotopic (exact) mass is 180 g/mol. The van der Waals surface area contributed by atoms with Gasteiger partial charge in [0.2, 0.25) is 0 Å². The summed E-state index contributed by atoms with van der Waals surface area (Å²) in [5.74, 6) is 0.695. The van der Waals surface area contributed by atoms with Gasteiger partial charge in [0.1, 0.15) is 0 Å². The van der Waals surface area contributed by atoms with Gasteiger partial charge in [0, 0.05) is 0 Å². The highest BCUT2D eigenvalue weighted by atomic mass is 32.2. The van der Waals surface area contributed by atoms with Gasteiger partial charge in [-0.3, -0.25) is 4.55 Å². The zero-order valence-corrected chi connectivity index (χ0v) is 8.06. The highest BCUT2D eigenvalue weighted by molar-refractivity contribution is 7.85. The first-order valence-electron chi connectivity index (χ1n) is 3.78. The molecule has 68 valence electrons. The predicted octanol–water partition coefficient (Wildman–Crippen LogP) is 1.56. The Kier molecular flexibility index (Phi) is 4.03. The second-order valence-corrected chi connectivity index (χ2v) is 4.87. The fraction of sp³-hybridized carbons (Fsp3) is 1.00. The standard InChI is InChI=1S/C7H16O3S/c1-6(2)7(3)4-5-11(8,9)10/h6-7H,4-5H2,1-3H3,(H,8,9,10). The van der Waals surface area contributed by atoms with Gasteiger partial charge in [0.25, 0.3) is 10.1 Å². The van der Waals surface area contributed by atoms with Gasteiger partial charge in [-0.15, -0.1) is 0 Å². The molecule has 0 aromatic rings. The first-order valence-corrected chi connectivity index (χ1v) is 5.39. The Morgan fingerprint density at radius 1 is 1.27 bits per heavy atom. The second-order valence-electron chi connectivity index (χ2n) is 3.30. The van der Waals surface area contributed by atoms with Gasteiger partial charge in [-0.25, -0.2) is 0 Å². The van der Waals surface area contributed by atoms with Crippen molar-refractivity contribution in [1.29, 1.82) is 0 Å². The molecule has 0 fully saturated rings. The first-order chi connectivity index (χ1) is 4.83. The Labute approximate surface area is 68.6 Å². The zero-order valence-electron chi connectivity index (χ0n) is 7.24. The van der Waals surface area contributed by atoms with Crippen LogP contribution in [0.1, 0.15) is 27.2 Å². The van der Waals surface area contributed by atoms with Crippen molar-refractivity contribution in [3.05, 3.63) is 0 Å². The van der Waals surface area contributed by atoms with Crippen molar-refractivity contribution in [1.82, 2.24) is 0 Å². The van der Waals surface area contributed by atoms with Crippen LogP contribution in [0.3, 0.4) is 0 Å². The minimum absolute atomic E-state index is 0.119. The molecule has 11 heavy (non-hydrogen) atoms. The summed E-state index contributed by atoms with van der Waals surface area (Å²) in [6.45, 7) is 6.05. The van der Waals surface area contributed by atoms with Crippen LogP contribution >= 0.6 is 0 Å². The van der Waals surface area contributed by atoms with Gasteiger partial charge >= 0.3 is 0 Å². The van der Waals surface area contributed by atoms with Gasteiger partial charge in [-0.2, -0.15) is 8.42 Å². The SMILES string of the molecule is CC(C)C(C)CCS(=O)(=O)O. The van der Waals surface area contributed by atoms with Crippen molar-refractivity contribution in [3.8, 4) is 0 Å². The van der Waals surface area contributed by atoms with Crippen molar-refractivity contribution in [2.24, 2.45) is 11.8 Å². The van der Waals surface area contributed by atoms with Crippen molar-refractivity contribution in [3.63, 3.8) is 0 Å². The van der Waals surface area contributed by atoms with E-state index in [1.807, 2.05) is 20.8 Å². The normalized spacial score (nSPS) is 15.4. The molecule has 0 radical (unpaired) electrons. The highest BCUT2D eigenvalue weighted by Crippen LogP contribution is 2.14. The molecule has 4 heteroatoms. The largest absolute Gasteiger partial charge is 0.286 e. The Morgan fingerprint density at radius 3 is 2.00 bits per heavy atom. The summed E-state index contributed by atoms with van der Waals surface area (Å²) < 4.78 is 29.0. The number of rotatable bonds is 4. The molecule has 0 saturated carbocycles. The third-order valence-corrected chi connectivity index (χ3v) is 2.72. The third kappa shape index (κ3) is 6.31. The lowest BCUT2D eigenvalue weighted by Crippen LogP contribution is -2.11. The van der Waals surface area contributed by atoms with Gasteiger partial charge < -0.3 is 0 Å². The molecule has 1 N–H and O–H groups in total. The molecule has 0 heterocycles. The van der Waals surface area contributed by atoms with E-state index in [0.717, 1.165) is 0 Å². The summed E-state index contributed by atoms with van der Waals surface area (Å²) in [5, 5.41) is 0. The molecule has 0 bridgehead atoms. The molecule has 3 nitrogen and oxygen atoms in total. The van der Waals surface area contributed by atoms with Crippen LogP contribution in [0, 0.1) is 11.8 Å². The summed E-state index contributed by atoms with van der Waals surface area (Å²) in [4.78, 5) is 0. The van der Waals surface area contributed by atoms with Gasteiger partial charge in [0.05, 0.1) is 5.75 Å². The van der Waals surface area contributed by atoms with Gasteiger partial charge in [-0.1, -0.05) is 20.8 Å². The number of hydrogen-bond donors (Lipinski definition) is 1. The lowest BCUT2D eigenvalue weighted by molar-refractivity contribution is 0.399. The fourth-order valence-corrected chi connectivity index (χ4v) is 1.34. The highest BCUT2D eigenvalue weighted by Gasteiger charge is 2.11. The minimum Gasteiger partial charge on any atom is -0.286 e. The van der Waals surface area contributed by atoms with Crippen LogP contribution in [0.4, 0.5) is 0 Å². The van der Waals surface area contributed by atoms with E-state index in [9.17, 15) is 8.42 Å². The Bertz CT molecular complexity index is 194. The molecular formula is C7H16O3S. The van der Waals surface area contributed by atoms with E-state index in [1.165, 1.54) is 0 Å². The van der Waals surface area contributed by atoms with E-state index in [0.29, 0.717) is 18.3 Å². The summed E-state index contributed by atoms with van der Waals surface area (Å²) in [7, 11) is -3.75. The molecule has 0 aromatic carbocycles. The van der Waals surface area contributed by atoms with Crippen LogP contribution in [-0.4, -0.2) is 18.7 Å². The average molecular weight is 180 g/mol. The molecular weight excluding hydrogens is 164 g/mol. The summed E-state index contributed by atoms with van der Waals surface area (Å²) in [6.07, 6.45) is 0.538. The van der Waals surface area contributed by atoms with E-state index in [2.05, 4.69) is 0 Å². The van der Waals surface area contributed by atoms with E-state index in [4.69, 9.17) is 4.55 Å². The minimum atomic E-state index is -3.75. The van der Waals surface area contributed by atoms with E-state index in [1.54, 1.807) is 0 Å². The molecule has 1 unspecified atom stereocenters. The Morgan fingerprint density at radius 2 is 1.73 bits per heavy atom. The van der Waals surface area contributed by atoms with Crippen molar-refractivity contribution in [2.75, 3.05) is 5.75 Å². The molecule has 0 spiro atoms. The summed E-state index contributed by atoms with van der Waals surface area (Å²) >= 11 is 0. The maximum absolute atomic E-state index is 10.3. The maximum Gasteiger partial charge on any atom is 0.264 e. The van der Waals surface area contributed by atoms with Crippen LogP contribution in [0.5, 0.6) is 0 Å². The van der Waals surface area contributed by atoms with Crippen molar-refractivity contribution in [2.45, 2.75) is 27.2 Å². The molecule has 0 aliphatic rings. The summed E-state index contributed by atoms with van der Waals surface area (Å²) in [6, 6.07) is 0. The topological polar surface area (TPSA) is 54.4 Å². The number of hydrogen-bond acceptors (Lipinski definition) is 2. The quantitative estimate of drug-likeness (QED) is 0.668. The maximum atomic E-state index is 10.3. The van der Waals surface area contributed by atoms with Gasteiger partial charge in [0.15, 0.2) is 0 Å². The van der Waals surface area contributed by atoms with Crippen molar-refractivity contribution < 1.29 is 13.0 Å². The van der Waals surface area contributed by atoms with Crippen LogP contribution in [0.15, 0.2) is 0 Å². The van der Waals surface area contributed by atoms with Crippen LogP contribution in [0.25, 0.3) is 0 Å². The van der Waals surface area contributed by atoms with Gasteiger partial charge in [-0.05, 0) is 18.3 Å². The molecule has 0 aliphatic heterocycles. The van der Waals surface area contributed by atoms with E-state index >= 15 is 0 Å². The predicted molar refractivity (Wildman–Crippen MR) is 45.0 cm³/mol. The molecule has 0 saturated heterocycles. The van der Waals surface area contributed by atoms with Crippen LogP contribution < -0.4 is 0 Å². The molecule has 0 amide bonds. The lowest BCUT2D eigenvalue weighted by atomic mass is 9.96. The van der Waals surface area contributed by atoms with Crippen LogP contribution in [0.2, 0.25) is 0 Å². The first kappa shape index (κ1) is 10.9.